The lowest BCUT2D eigenvalue weighted by Crippen LogP contribution is -2.07. The summed E-state index contributed by atoms with van der Waals surface area (Å²) in [6.07, 6.45) is 6.50. The average Bonchev–Trinajstić information content (AvgIpc) is 3.15. The Bertz CT molecular complexity index is 862. The van der Waals surface area contributed by atoms with Crippen LogP contribution in [-0.2, 0) is 11.2 Å². The molecule has 2 N–H and O–H groups in total. The summed E-state index contributed by atoms with van der Waals surface area (Å²) >= 11 is 1.34. The van der Waals surface area contributed by atoms with Crippen LogP contribution in [0, 0.1) is 0 Å². The van der Waals surface area contributed by atoms with Crippen LogP contribution in [0.5, 0.6) is 0 Å². The molecule has 0 fully saturated rings. The van der Waals surface area contributed by atoms with E-state index in [1.165, 1.54) is 23.0 Å². The normalized spacial score (nSPS) is 10.8. The highest BCUT2D eigenvalue weighted by Crippen LogP contribution is 2.20. The van der Waals surface area contributed by atoms with E-state index in [0.29, 0.717) is 5.13 Å². The molecule has 0 unspecified atom stereocenters. The molecule has 27 heavy (non-hydrogen) atoms. The number of hydrogen-bond donors (Lipinski definition) is 2. The third-order valence-corrected chi connectivity index (χ3v) is 4.69. The molecule has 3 rings (SSSR count). The maximum absolute atomic E-state index is 11.9. The number of aromatic nitrogens is 2. The van der Waals surface area contributed by atoms with Crippen molar-refractivity contribution in [3.05, 3.63) is 77.9 Å². The van der Waals surface area contributed by atoms with Crippen LogP contribution in [0.25, 0.3) is 6.08 Å². The number of benzene rings is 2. The topological polar surface area (TPSA) is 66.9 Å². The second-order valence-corrected chi connectivity index (χ2v) is 6.99. The molecular formula is C21H22N4OS. The minimum Gasteiger partial charge on any atom is -0.360 e. The molecule has 0 aliphatic rings. The standard InChI is InChI=1S/C21H22N4OS/c26-19(15-14-18-11-5-2-6-12-18)23-21-25-24-20(27-21)22-16-8-7-13-17-9-3-1-4-10-17/h1-6,9-12,14-15H,7-8,13,16H2,(H,22,24)(H,23,25,26)/b15-14+. The smallest absolute Gasteiger partial charge is 0.250 e. The summed E-state index contributed by atoms with van der Waals surface area (Å²) in [5, 5.41) is 15.3. The number of nitrogens with zero attached hydrogens (tertiary/aromatic N) is 2. The minimum atomic E-state index is -0.218. The summed E-state index contributed by atoms with van der Waals surface area (Å²) in [6.45, 7) is 0.837. The summed E-state index contributed by atoms with van der Waals surface area (Å²) in [5.41, 5.74) is 2.34. The zero-order chi connectivity index (χ0) is 18.7. The molecule has 0 radical (unpaired) electrons. The molecule has 0 saturated heterocycles. The third-order valence-electron chi connectivity index (χ3n) is 3.89. The van der Waals surface area contributed by atoms with E-state index in [4.69, 9.17) is 0 Å². The number of nitrogens with one attached hydrogen (secondary N) is 2. The van der Waals surface area contributed by atoms with Crippen LogP contribution in [0.2, 0.25) is 0 Å². The quantitative estimate of drug-likeness (QED) is 0.421. The van der Waals surface area contributed by atoms with Crippen molar-refractivity contribution < 1.29 is 4.79 Å². The highest BCUT2D eigenvalue weighted by atomic mass is 32.1. The molecule has 0 spiro atoms. The Balaban J connectivity index is 1.36. The van der Waals surface area contributed by atoms with Crippen LogP contribution in [-0.4, -0.2) is 22.6 Å². The van der Waals surface area contributed by atoms with Gasteiger partial charge >= 0.3 is 0 Å². The van der Waals surface area contributed by atoms with Crippen LogP contribution in [0.3, 0.4) is 0 Å². The maximum atomic E-state index is 11.9. The Hall–Kier alpha value is -2.99. The van der Waals surface area contributed by atoms with E-state index in [1.807, 2.05) is 36.4 Å². The number of carbonyl (C=O) groups excluding carboxylic acids is 1. The summed E-state index contributed by atoms with van der Waals surface area (Å²) < 4.78 is 0. The number of hydrogen-bond acceptors (Lipinski definition) is 5. The van der Waals surface area contributed by atoms with Crippen molar-refractivity contribution in [1.29, 1.82) is 0 Å². The van der Waals surface area contributed by atoms with Gasteiger partial charge in [-0.2, -0.15) is 0 Å². The van der Waals surface area contributed by atoms with Gasteiger partial charge in [0.1, 0.15) is 0 Å². The molecule has 0 aliphatic heterocycles. The van der Waals surface area contributed by atoms with Crippen molar-refractivity contribution >= 4 is 33.6 Å². The molecule has 3 aromatic rings. The number of amides is 1. The first-order valence-corrected chi connectivity index (χ1v) is 9.77. The number of rotatable bonds is 9. The van der Waals surface area contributed by atoms with Crippen molar-refractivity contribution in [1.82, 2.24) is 10.2 Å². The summed E-state index contributed by atoms with van der Waals surface area (Å²) in [6, 6.07) is 20.2. The van der Waals surface area contributed by atoms with Gasteiger partial charge in [-0.3, -0.25) is 10.1 Å². The fourth-order valence-electron chi connectivity index (χ4n) is 2.52. The van der Waals surface area contributed by atoms with Crippen molar-refractivity contribution in [2.75, 3.05) is 17.2 Å². The Morgan fingerprint density at radius 3 is 2.41 bits per heavy atom. The average molecular weight is 379 g/mol. The number of carbonyl (C=O) groups is 1. The monoisotopic (exact) mass is 378 g/mol. The molecule has 5 nitrogen and oxygen atoms in total. The molecule has 138 valence electrons. The molecule has 0 atom stereocenters. The van der Waals surface area contributed by atoms with E-state index in [2.05, 4.69) is 45.1 Å². The zero-order valence-electron chi connectivity index (χ0n) is 15.0. The van der Waals surface area contributed by atoms with Crippen LogP contribution < -0.4 is 10.6 Å². The fourth-order valence-corrected chi connectivity index (χ4v) is 3.19. The minimum absolute atomic E-state index is 0.218. The van der Waals surface area contributed by atoms with Gasteiger partial charge in [-0.15, -0.1) is 10.2 Å². The second-order valence-electron chi connectivity index (χ2n) is 6.02. The highest BCUT2D eigenvalue weighted by Gasteiger charge is 2.05. The summed E-state index contributed by atoms with van der Waals surface area (Å²) in [7, 11) is 0. The number of aryl methyl sites for hydroxylation is 1. The summed E-state index contributed by atoms with van der Waals surface area (Å²) in [5.74, 6) is -0.218. The molecule has 1 aromatic heterocycles. The van der Waals surface area contributed by atoms with E-state index in [-0.39, 0.29) is 5.91 Å². The molecule has 1 heterocycles. The van der Waals surface area contributed by atoms with Crippen LogP contribution in [0.1, 0.15) is 24.0 Å². The van der Waals surface area contributed by atoms with E-state index in [0.717, 1.165) is 36.5 Å². The first-order chi connectivity index (χ1) is 13.3. The SMILES string of the molecule is O=C(/C=C/c1ccccc1)Nc1nnc(NCCCCc2ccccc2)s1. The third kappa shape index (κ3) is 6.67. The lowest BCUT2D eigenvalue weighted by Gasteiger charge is -2.02. The molecule has 0 saturated carbocycles. The summed E-state index contributed by atoms with van der Waals surface area (Å²) in [4.78, 5) is 11.9. The van der Waals surface area contributed by atoms with E-state index >= 15 is 0 Å². The molecule has 6 heteroatoms. The van der Waals surface area contributed by atoms with Gasteiger partial charge in [0.25, 0.3) is 0 Å². The van der Waals surface area contributed by atoms with Gasteiger partial charge in [-0.25, -0.2) is 0 Å². The molecule has 2 aromatic carbocycles. The zero-order valence-corrected chi connectivity index (χ0v) is 15.8. The van der Waals surface area contributed by atoms with Gasteiger partial charge in [0, 0.05) is 12.6 Å². The Labute approximate surface area is 163 Å². The van der Waals surface area contributed by atoms with Gasteiger partial charge < -0.3 is 5.32 Å². The molecule has 0 aliphatic carbocycles. The van der Waals surface area contributed by atoms with E-state index in [1.54, 1.807) is 6.08 Å². The van der Waals surface area contributed by atoms with Gasteiger partial charge in [0.05, 0.1) is 0 Å². The maximum Gasteiger partial charge on any atom is 0.250 e. The fraction of sp³-hybridized carbons (Fsp3) is 0.190. The van der Waals surface area contributed by atoms with Gasteiger partial charge in [0.15, 0.2) is 0 Å². The van der Waals surface area contributed by atoms with Crippen molar-refractivity contribution in [2.24, 2.45) is 0 Å². The molecule has 1 amide bonds. The van der Waals surface area contributed by atoms with Crippen molar-refractivity contribution in [2.45, 2.75) is 19.3 Å². The number of unbranched alkanes of at least 4 members (excludes halogenated alkanes) is 1. The van der Waals surface area contributed by atoms with E-state index in [9.17, 15) is 4.79 Å². The van der Waals surface area contributed by atoms with Gasteiger partial charge in [-0.05, 0) is 36.5 Å². The molecular weight excluding hydrogens is 356 g/mol. The number of anilines is 2. The van der Waals surface area contributed by atoms with Gasteiger partial charge in [0.2, 0.25) is 16.2 Å². The van der Waals surface area contributed by atoms with Crippen LogP contribution in [0.4, 0.5) is 10.3 Å². The van der Waals surface area contributed by atoms with Crippen molar-refractivity contribution in [3.8, 4) is 0 Å². The van der Waals surface area contributed by atoms with Gasteiger partial charge in [-0.1, -0.05) is 72.0 Å². The first kappa shape index (κ1) is 18.8. The van der Waals surface area contributed by atoms with Crippen molar-refractivity contribution in [3.63, 3.8) is 0 Å². The Morgan fingerprint density at radius 1 is 0.926 bits per heavy atom. The highest BCUT2D eigenvalue weighted by molar-refractivity contribution is 7.19. The predicted molar refractivity (Wildman–Crippen MR) is 112 cm³/mol. The second kappa shape index (κ2) is 10.2. The Kier molecular flexibility index (Phi) is 7.12. The Morgan fingerprint density at radius 2 is 1.63 bits per heavy atom. The first-order valence-electron chi connectivity index (χ1n) is 8.95. The molecule has 0 bridgehead atoms. The van der Waals surface area contributed by atoms with Crippen LogP contribution in [0.15, 0.2) is 66.7 Å². The lowest BCUT2D eigenvalue weighted by atomic mass is 10.1. The lowest BCUT2D eigenvalue weighted by molar-refractivity contribution is -0.111. The van der Waals surface area contributed by atoms with Crippen LogP contribution >= 0.6 is 11.3 Å². The largest absolute Gasteiger partial charge is 0.360 e. The predicted octanol–water partition coefficient (Wildman–Crippen LogP) is 4.62. The van der Waals surface area contributed by atoms with E-state index < -0.39 is 0 Å².